The predicted octanol–water partition coefficient (Wildman–Crippen LogP) is 3.14. The third kappa shape index (κ3) is 3.46. The molecule has 5 heteroatoms. The van der Waals surface area contributed by atoms with Crippen molar-refractivity contribution < 1.29 is 0 Å². The van der Waals surface area contributed by atoms with E-state index in [-0.39, 0.29) is 0 Å². The quantitative estimate of drug-likeness (QED) is 0.888. The zero-order chi connectivity index (χ0) is 14.7. The van der Waals surface area contributed by atoms with Gasteiger partial charge in [0.2, 0.25) is 5.95 Å². The molecule has 0 atom stereocenters. The smallest absolute Gasteiger partial charge is 0.202 e. The molecule has 2 aromatic rings. The highest BCUT2D eigenvalue weighted by Crippen LogP contribution is 2.21. The molecule has 0 radical (unpaired) electrons. The number of nitrogens with one attached hydrogen (secondary N) is 1. The second-order valence-electron chi connectivity index (χ2n) is 6.07. The van der Waals surface area contributed by atoms with Crippen LogP contribution < -0.4 is 5.32 Å². The molecular weight excluding hydrogens is 262 g/mol. The van der Waals surface area contributed by atoms with Gasteiger partial charge in [-0.25, -0.2) is 4.98 Å². The van der Waals surface area contributed by atoms with Gasteiger partial charge in [-0.2, -0.15) is 5.10 Å². The summed E-state index contributed by atoms with van der Waals surface area (Å²) in [6.45, 7) is 6.10. The molecule has 0 aromatic carbocycles. The van der Waals surface area contributed by atoms with E-state index in [1.54, 1.807) is 0 Å². The fourth-order valence-corrected chi connectivity index (χ4v) is 3.17. The normalized spacial score (nSPS) is 15.7. The van der Waals surface area contributed by atoms with Gasteiger partial charge in [0.05, 0.1) is 5.69 Å². The molecule has 2 aromatic heterocycles. The van der Waals surface area contributed by atoms with E-state index in [1.807, 2.05) is 13.1 Å². The summed E-state index contributed by atoms with van der Waals surface area (Å²) >= 11 is 0. The minimum Gasteiger partial charge on any atom is -0.353 e. The van der Waals surface area contributed by atoms with E-state index in [0.717, 1.165) is 31.2 Å². The van der Waals surface area contributed by atoms with Crippen LogP contribution in [0.5, 0.6) is 0 Å². The Bertz CT molecular complexity index is 577. The van der Waals surface area contributed by atoms with Crippen LogP contribution in [-0.2, 0) is 13.1 Å². The molecule has 0 amide bonds. The van der Waals surface area contributed by atoms with Gasteiger partial charge in [-0.1, -0.05) is 12.8 Å². The second-order valence-corrected chi connectivity index (χ2v) is 6.07. The maximum atomic E-state index is 4.51. The van der Waals surface area contributed by atoms with Crippen molar-refractivity contribution in [2.24, 2.45) is 0 Å². The molecule has 1 aliphatic rings. The number of imidazole rings is 1. The van der Waals surface area contributed by atoms with E-state index in [1.165, 1.54) is 31.4 Å². The Kier molecular flexibility index (Phi) is 4.27. The number of nitrogens with zero attached hydrogens (tertiary/aromatic N) is 4. The van der Waals surface area contributed by atoms with E-state index in [9.17, 15) is 0 Å². The average Bonchev–Trinajstić information content (AvgIpc) is 3.15. The number of rotatable bonds is 6. The summed E-state index contributed by atoms with van der Waals surface area (Å²) in [5, 5.41) is 8.09. The van der Waals surface area contributed by atoms with Crippen LogP contribution in [0.3, 0.4) is 0 Å². The van der Waals surface area contributed by atoms with Crippen LogP contribution in [0.4, 0.5) is 5.95 Å². The summed E-state index contributed by atoms with van der Waals surface area (Å²) in [6.07, 6.45) is 10.3. The fraction of sp³-hybridized carbons (Fsp3) is 0.625. The van der Waals surface area contributed by atoms with Crippen molar-refractivity contribution >= 4 is 5.95 Å². The average molecular weight is 287 g/mol. The van der Waals surface area contributed by atoms with Gasteiger partial charge in [0.15, 0.2) is 0 Å². The molecule has 0 spiro atoms. The highest BCUT2D eigenvalue weighted by molar-refractivity contribution is 5.27. The number of hydrogen-bond donors (Lipinski definition) is 1. The van der Waals surface area contributed by atoms with Gasteiger partial charge < -0.3 is 9.88 Å². The van der Waals surface area contributed by atoms with Crippen molar-refractivity contribution in [3.8, 4) is 0 Å². The lowest BCUT2D eigenvalue weighted by Gasteiger charge is -2.14. The van der Waals surface area contributed by atoms with Gasteiger partial charge in [-0.05, 0) is 39.2 Å². The Labute approximate surface area is 126 Å². The van der Waals surface area contributed by atoms with Crippen molar-refractivity contribution in [2.75, 3.05) is 5.32 Å². The lowest BCUT2D eigenvalue weighted by molar-refractivity contribution is 0.516. The summed E-state index contributed by atoms with van der Waals surface area (Å²) in [5.74, 6) is 1.02. The van der Waals surface area contributed by atoms with Gasteiger partial charge >= 0.3 is 0 Å². The summed E-state index contributed by atoms with van der Waals surface area (Å²) in [6, 6.07) is 2.74. The van der Waals surface area contributed by atoms with Crippen molar-refractivity contribution in [3.05, 3.63) is 29.8 Å². The Hall–Kier alpha value is -1.78. The second kappa shape index (κ2) is 6.33. The number of aromatic nitrogens is 4. The Morgan fingerprint density at radius 2 is 2.05 bits per heavy atom. The highest BCUT2D eigenvalue weighted by Gasteiger charge is 2.16. The molecule has 0 saturated heterocycles. The molecule has 1 aliphatic carbocycles. The summed E-state index contributed by atoms with van der Waals surface area (Å²) < 4.78 is 4.32. The number of hydrogen-bond acceptors (Lipinski definition) is 3. The van der Waals surface area contributed by atoms with E-state index >= 15 is 0 Å². The van der Waals surface area contributed by atoms with E-state index in [2.05, 4.69) is 43.8 Å². The number of anilines is 1. The monoisotopic (exact) mass is 287 g/mol. The van der Waals surface area contributed by atoms with Gasteiger partial charge in [0.1, 0.15) is 0 Å². The molecular formula is C16H25N5. The molecule has 2 heterocycles. The van der Waals surface area contributed by atoms with E-state index < -0.39 is 0 Å². The van der Waals surface area contributed by atoms with Crippen LogP contribution in [0.1, 0.15) is 43.5 Å². The molecule has 0 bridgehead atoms. The zero-order valence-corrected chi connectivity index (χ0v) is 13.0. The summed E-state index contributed by atoms with van der Waals surface area (Å²) in [5.41, 5.74) is 2.33. The molecule has 0 unspecified atom stereocenters. The third-order valence-corrected chi connectivity index (χ3v) is 4.28. The van der Waals surface area contributed by atoms with E-state index in [4.69, 9.17) is 0 Å². The lowest BCUT2D eigenvalue weighted by atomic mass is 10.2. The largest absolute Gasteiger partial charge is 0.353 e. The zero-order valence-electron chi connectivity index (χ0n) is 13.0. The molecule has 21 heavy (non-hydrogen) atoms. The maximum Gasteiger partial charge on any atom is 0.202 e. The third-order valence-electron chi connectivity index (χ3n) is 4.28. The first-order valence-corrected chi connectivity index (χ1v) is 8.01. The molecule has 0 aliphatic heterocycles. The van der Waals surface area contributed by atoms with Crippen LogP contribution >= 0.6 is 0 Å². The molecule has 1 fully saturated rings. The first-order valence-electron chi connectivity index (χ1n) is 8.01. The Morgan fingerprint density at radius 1 is 1.24 bits per heavy atom. The molecule has 5 nitrogen and oxygen atoms in total. The molecule has 3 rings (SSSR count). The van der Waals surface area contributed by atoms with Crippen LogP contribution in [0.25, 0.3) is 0 Å². The van der Waals surface area contributed by atoms with Gasteiger partial charge in [0.25, 0.3) is 0 Å². The van der Waals surface area contributed by atoms with Gasteiger partial charge in [0, 0.05) is 37.2 Å². The van der Waals surface area contributed by atoms with E-state index in [0.29, 0.717) is 6.04 Å². The Balaban J connectivity index is 1.53. The van der Waals surface area contributed by atoms with Crippen LogP contribution in [0.2, 0.25) is 0 Å². The minimum atomic E-state index is 0.613. The molecule has 1 saturated carbocycles. The first-order chi connectivity index (χ1) is 10.2. The Morgan fingerprint density at radius 3 is 2.76 bits per heavy atom. The standard InChI is InChI=1S/C16H25N5/c1-13-12-14(2)21(19-13)10-5-9-20-11-8-17-16(20)18-15-6-3-4-7-15/h8,11-12,15H,3-7,9-10H2,1-2H3,(H,17,18). The summed E-state index contributed by atoms with van der Waals surface area (Å²) in [7, 11) is 0. The molecule has 114 valence electrons. The molecule has 1 N–H and O–H groups in total. The van der Waals surface area contributed by atoms with Crippen molar-refractivity contribution in [2.45, 2.75) is 65.1 Å². The lowest BCUT2D eigenvalue weighted by Crippen LogP contribution is -2.18. The van der Waals surface area contributed by atoms with Crippen molar-refractivity contribution in [1.29, 1.82) is 0 Å². The topological polar surface area (TPSA) is 47.7 Å². The predicted molar refractivity (Wildman–Crippen MR) is 84.4 cm³/mol. The summed E-state index contributed by atoms with van der Waals surface area (Å²) in [4.78, 5) is 4.46. The van der Waals surface area contributed by atoms with Crippen LogP contribution in [0.15, 0.2) is 18.5 Å². The van der Waals surface area contributed by atoms with Crippen LogP contribution in [-0.4, -0.2) is 25.4 Å². The van der Waals surface area contributed by atoms with Gasteiger partial charge in [-0.3, -0.25) is 4.68 Å². The van der Waals surface area contributed by atoms with Crippen molar-refractivity contribution in [1.82, 2.24) is 19.3 Å². The SMILES string of the molecule is Cc1cc(C)n(CCCn2ccnc2NC2CCCC2)n1. The highest BCUT2D eigenvalue weighted by atomic mass is 15.3. The number of aryl methyl sites for hydroxylation is 4. The van der Waals surface area contributed by atoms with Crippen molar-refractivity contribution in [3.63, 3.8) is 0 Å². The first kappa shape index (κ1) is 14.2. The van der Waals surface area contributed by atoms with Gasteiger partial charge in [-0.15, -0.1) is 0 Å². The minimum absolute atomic E-state index is 0.613. The fourth-order valence-electron chi connectivity index (χ4n) is 3.17. The maximum absolute atomic E-state index is 4.51. The van der Waals surface area contributed by atoms with Crippen LogP contribution in [0, 0.1) is 13.8 Å².